The van der Waals surface area contributed by atoms with Gasteiger partial charge in [0.2, 0.25) is 5.91 Å². The van der Waals surface area contributed by atoms with Crippen LogP contribution in [-0.4, -0.2) is 41.2 Å². The fraction of sp³-hybridized carbons (Fsp3) is 0.350. The Kier molecular flexibility index (Phi) is 4.66. The van der Waals surface area contributed by atoms with Gasteiger partial charge in [-0.3, -0.25) is 14.4 Å². The minimum Gasteiger partial charge on any atom is -0.459 e. The molecule has 3 amide bonds. The molecule has 1 atom stereocenters. The van der Waals surface area contributed by atoms with Crippen LogP contribution in [0, 0.1) is 0 Å². The van der Waals surface area contributed by atoms with Crippen LogP contribution in [0.3, 0.4) is 0 Å². The van der Waals surface area contributed by atoms with E-state index in [1.54, 1.807) is 41.3 Å². The quantitative estimate of drug-likeness (QED) is 0.849. The van der Waals surface area contributed by atoms with Crippen molar-refractivity contribution < 1.29 is 18.8 Å². The van der Waals surface area contributed by atoms with Crippen molar-refractivity contribution in [2.24, 2.45) is 0 Å². The van der Waals surface area contributed by atoms with Crippen LogP contribution in [0.4, 0.5) is 5.69 Å². The average molecular weight is 367 g/mol. The molecule has 2 heterocycles. The van der Waals surface area contributed by atoms with E-state index in [1.165, 1.54) is 6.26 Å². The Bertz CT molecular complexity index is 841. The molecule has 0 unspecified atom stereocenters. The minimum atomic E-state index is -0.527. The lowest BCUT2D eigenvalue weighted by atomic mass is 10.1. The van der Waals surface area contributed by atoms with Gasteiger partial charge in [-0.25, -0.2) is 0 Å². The topological polar surface area (TPSA) is 91.7 Å². The lowest BCUT2D eigenvalue weighted by molar-refractivity contribution is -0.119. The summed E-state index contributed by atoms with van der Waals surface area (Å²) in [6.45, 7) is 0.526. The third-order valence-corrected chi connectivity index (χ3v) is 4.88. The van der Waals surface area contributed by atoms with Gasteiger partial charge < -0.3 is 20.0 Å². The molecule has 1 aliphatic carbocycles. The Hall–Kier alpha value is -3.09. The van der Waals surface area contributed by atoms with Crippen LogP contribution in [-0.2, 0) is 4.79 Å². The number of amides is 3. The average Bonchev–Trinajstić information content (AvgIpc) is 3.16. The van der Waals surface area contributed by atoms with E-state index in [1.807, 2.05) is 0 Å². The molecule has 2 aliphatic rings. The summed E-state index contributed by atoms with van der Waals surface area (Å²) in [5.74, 6) is -0.366. The number of likely N-dealkylation sites (tertiary alicyclic amines) is 1. The highest BCUT2D eigenvalue weighted by Gasteiger charge is 2.35. The van der Waals surface area contributed by atoms with E-state index in [-0.39, 0.29) is 23.5 Å². The highest BCUT2D eigenvalue weighted by Crippen LogP contribution is 2.23. The molecule has 1 saturated heterocycles. The van der Waals surface area contributed by atoms with Gasteiger partial charge in [0, 0.05) is 23.8 Å². The molecule has 0 spiro atoms. The van der Waals surface area contributed by atoms with Gasteiger partial charge in [-0.1, -0.05) is 0 Å². The number of hydrogen-bond acceptors (Lipinski definition) is 4. The molecule has 1 aromatic heterocycles. The number of carbonyl (C=O) groups is 3. The number of rotatable bonds is 5. The number of nitrogens with one attached hydrogen (secondary N) is 2. The molecule has 1 aliphatic heterocycles. The minimum absolute atomic E-state index is 0.0959. The standard InChI is InChI=1S/C20H21N3O4/c24-18(21-15-9-10-15)13-5-7-14(8-6-13)22-19(25)16-3-1-11-23(16)20(26)17-4-2-12-27-17/h2,4-8,12,15-16H,1,3,9-11H2,(H,21,24)(H,22,25)/t16-/m0/s1. The monoisotopic (exact) mass is 367 g/mol. The van der Waals surface area contributed by atoms with Gasteiger partial charge in [0.05, 0.1) is 6.26 Å². The second kappa shape index (κ2) is 7.26. The van der Waals surface area contributed by atoms with E-state index < -0.39 is 6.04 Å². The van der Waals surface area contributed by atoms with Crippen molar-refractivity contribution in [3.63, 3.8) is 0 Å². The summed E-state index contributed by atoms with van der Waals surface area (Å²) in [6, 6.07) is 9.81. The molecule has 1 saturated carbocycles. The molecule has 2 N–H and O–H groups in total. The second-order valence-electron chi connectivity index (χ2n) is 6.95. The first kappa shape index (κ1) is 17.3. The zero-order chi connectivity index (χ0) is 18.8. The maximum Gasteiger partial charge on any atom is 0.290 e. The number of carbonyl (C=O) groups excluding carboxylic acids is 3. The first-order chi connectivity index (χ1) is 13.1. The molecule has 2 aromatic rings. The number of benzene rings is 1. The van der Waals surface area contributed by atoms with Crippen LogP contribution < -0.4 is 10.6 Å². The summed E-state index contributed by atoms with van der Waals surface area (Å²) in [4.78, 5) is 38.7. The third-order valence-electron chi connectivity index (χ3n) is 4.88. The van der Waals surface area contributed by atoms with Crippen LogP contribution in [0.5, 0.6) is 0 Å². The number of anilines is 1. The summed E-state index contributed by atoms with van der Waals surface area (Å²) in [7, 11) is 0. The lowest BCUT2D eigenvalue weighted by Gasteiger charge is -2.23. The summed E-state index contributed by atoms with van der Waals surface area (Å²) in [5, 5.41) is 5.77. The van der Waals surface area contributed by atoms with Gasteiger partial charge in [0.25, 0.3) is 11.8 Å². The van der Waals surface area contributed by atoms with Crippen LogP contribution in [0.15, 0.2) is 47.1 Å². The van der Waals surface area contributed by atoms with Crippen molar-refractivity contribution in [1.82, 2.24) is 10.2 Å². The molecule has 0 radical (unpaired) electrons. The van der Waals surface area contributed by atoms with Gasteiger partial charge in [0.15, 0.2) is 5.76 Å². The van der Waals surface area contributed by atoms with Crippen molar-refractivity contribution in [1.29, 1.82) is 0 Å². The molecule has 7 nitrogen and oxygen atoms in total. The molecule has 0 bridgehead atoms. The Morgan fingerprint density at radius 3 is 2.48 bits per heavy atom. The van der Waals surface area contributed by atoms with E-state index in [0.717, 1.165) is 19.3 Å². The zero-order valence-corrected chi connectivity index (χ0v) is 14.8. The number of hydrogen-bond donors (Lipinski definition) is 2. The molecule has 140 valence electrons. The van der Waals surface area contributed by atoms with Crippen molar-refractivity contribution >= 4 is 23.4 Å². The predicted octanol–water partition coefficient (Wildman–Crippen LogP) is 2.42. The highest BCUT2D eigenvalue weighted by molar-refractivity contribution is 6.01. The van der Waals surface area contributed by atoms with Crippen LogP contribution in [0.2, 0.25) is 0 Å². The fourth-order valence-electron chi connectivity index (χ4n) is 3.25. The van der Waals surface area contributed by atoms with Crippen molar-refractivity contribution in [3.05, 3.63) is 54.0 Å². The van der Waals surface area contributed by atoms with Crippen LogP contribution in [0.1, 0.15) is 46.6 Å². The van der Waals surface area contributed by atoms with Crippen molar-refractivity contribution in [2.75, 3.05) is 11.9 Å². The van der Waals surface area contributed by atoms with Gasteiger partial charge >= 0.3 is 0 Å². The van der Waals surface area contributed by atoms with Crippen LogP contribution in [0.25, 0.3) is 0 Å². The summed E-state index contributed by atoms with van der Waals surface area (Å²) in [6.07, 6.45) is 4.90. The molecule has 1 aromatic carbocycles. The molecule has 7 heteroatoms. The maximum absolute atomic E-state index is 12.7. The van der Waals surface area contributed by atoms with E-state index in [2.05, 4.69) is 10.6 Å². The summed E-state index contributed by atoms with van der Waals surface area (Å²) >= 11 is 0. The Morgan fingerprint density at radius 1 is 1.04 bits per heavy atom. The number of nitrogens with zero attached hydrogens (tertiary/aromatic N) is 1. The first-order valence-electron chi connectivity index (χ1n) is 9.18. The van der Waals surface area contributed by atoms with Gasteiger partial charge in [-0.05, 0) is 62.1 Å². The molecule has 2 fully saturated rings. The van der Waals surface area contributed by atoms with Crippen LogP contribution >= 0.6 is 0 Å². The van der Waals surface area contributed by atoms with Gasteiger partial charge in [0.1, 0.15) is 6.04 Å². The number of furan rings is 1. The maximum atomic E-state index is 12.7. The molecule has 27 heavy (non-hydrogen) atoms. The lowest BCUT2D eigenvalue weighted by Crippen LogP contribution is -2.43. The largest absolute Gasteiger partial charge is 0.459 e. The Labute approximate surface area is 156 Å². The van der Waals surface area contributed by atoms with E-state index >= 15 is 0 Å². The zero-order valence-electron chi connectivity index (χ0n) is 14.8. The van der Waals surface area contributed by atoms with Crippen molar-refractivity contribution in [2.45, 2.75) is 37.8 Å². The molecular formula is C20H21N3O4. The normalized spacial score (nSPS) is 19.0. The summed E-state index contributed by atoms with van der Waals surface area (Å²) < 4.78 is 5.16. The molecular weight excluding hydrogens is 346 g/mol. The van der Waals surface area contributed by atoms with E-state index in [4.69, 9.17) is 4.42 Å². The SMILES string of the molecule is O=C(NC1CC1)c1ccc(NC(=O)[C@@H]2CCCN2C(=O)c2ccco2)cc1. The van der Waals surface area contributed by atoms with Gasteiger partial charge in [-0.2, -0.15) is 0 Å². The van der Waals surface area contributed by atoms with E-state index in [9.17, 15) is 14.4 Å². The predicted molar refractivity (Wildman–Crippen MR) is 98.3 cm³/mol. The highest BCUT2D eigenvalue weighted by atomic mass is 16.3. The second-order valence-corrected chi connectivity index (χ2v) is 6.95. The van der Waals surface area contributed by atoms with E-state index in [0.29, 0.717) is 30.3 Å². The third kappa shape index (κ3) is 3.86. The Morgan fingerprint density at radius 2 is 1.81 bits per heavy atom. The van der Waals surface area contributed by atoms with Crippen molar-refractivity contribution in [3.8, 4) is 0 Å². The van der Waals surface area contributed by atoms with Gasteiger partial charge in [-0.15, -0.1) is 0 Å². The first-order valence-corrected chi connectivity index (χ1v) is 9.18. The molecule has 4 rings (SSSR count). The Balaban J connectivity index is 1.39. The summed E-state index contributed by atoms with van der Waals surface area (Å²) in [5.41, 5.74) is 1.16. The smallest absolute Gasteiger partial charge is 0.290 e. The fourth-order valence-corrected chi connectivity index (χ4v) is 3.25.